The summed E-state index contributed by atoms with van der Waals surface area (Å²) < 4.78 is 21.3. The molecule has 1 aromatic rings. The van der Waals surface area contributed by atoms with Crippen LogP contribution in [0.1, 0.15) is 6.42 Å². The smallest absolute Gasteiger partial charge is 0.209 e. The van der Waals surface area contributed by atoms with Crippen molar-refractivity contribution in [2.24, 2.45) is 5.14 Å². The second-order valence-corrected chi connectivity index (χ2v) is 5.55. The molecule has 0 amide bonds. The summed E-state index contributed by atoms with van der Waals surface area (Å²) >= 11 is 5.73. The van der Waals surface area contributed by atoms with Gasteiger partial charge in [0.05, 0.1) is 17.1 Å². The van der Waals surface area contributed by atoms with E-state index in [-0.39, 0.29) is 5.75 Å². The summed E-state index contributed by atoms with van der Waals surface area (Å²) in [6, 6.07) is 5.08. The fourth-order valence-corrected chi connectivity index (χ4v) is 1.92. The molecule has 0 fully saturated rings. The van der Waals surface area contributed by atoms with Crippen molar-refractivity contribution in [1.29, 1.82) is 0 Å². The highest BCUT2D eigenvalue weighted by molar-refractivity contribution is 7.89. The van der Waals surface area contributed by atoms with Crippen LogP contribution in [-0.2, 0) is 10.0 Å². The Balaban J connectivity index is 2.43. The van der Waals surface area contributed by atoms with Crippen LogP contribution in [-0.4, -0.2) is 20.7 Å². The molecule has 16 heavy (non-hydrogen) atoms. The van der Waals surface area contributed by atoms with Crippen LogP contribution < -0.4 is 16.2 Å². The second-order valence-electron chi connectivity index (χ2n) is 3.38. The zero-order chi connectivity index (χ0) is 12.2. The molecule has 1 aromatic carbocycles. The molecule has 0 aliphatic carbocycles. The van der Waals surface area contributed by atoms with Crippen molar-refractivity contribution < 1.29 is 8.42 Å². The molecule has 0 aliphatic rings. The summed E-state index contributed by atoms with van der Waals surface area (Å²) in [5.41, 5.74) is 6.97. The van der Waals surface area contributed by atoms with Gasteiger partial charge in [0.15, 0.2) is 0 Å². The van der Waals surface area contributed by atoms with Crippen LogP contribution >= 0.6 is 11.6 Å². The Morgan fingerprint density at radius 1 is 1.38 bits per heavy atom. The highest BCUT2D eigenvalue weighted by atomic mass is 35.5. The average molecular weight is 264 g/mol. The van der Waals surface area contributed by atoms with Gasteiger partial charge in [0.2, 0.25) is 10.0 Å². The summed E-state index contributed by atoms with van der Waals surface area (Å²) in [6.07, 6.45) is 0.431. The van der Waals surface area contributed by atoms with Crippen molar-refractivity contribution in [2.45, 2.75) is 6.42 Å². The first-order chi connectivity index (χ1) is 7.38. The molecule has 5 N–H and O–H groups in total. The highest BCUT2D eigenvalue weighted by Gasteiger charge is 2.03. The van der Waals surface area contributed by atoms with Crippen LogP contribution in [0.15, 0.2) is 18.2 Å². The average Bonchev–Trinajstić information content (AvgIpc) is 2.13. The Bertz CT molecular complexity index is 462. The molecule has 90 valence electrons. The molecule has 5 nitrogen and oxygen atoms in total. The van der Waals surface area contributed by atoms with Crippen LogP contribution in [0.5, 0.6) is 0 Å². The maximum absolute atomic E-state index is 10.7. The van der Waals surface area contributed by atoms with Gasteiger partial charge in [0.25, 0.3) is 0 Å². The summed E-state index contributed by atoms with van der Waals surface area (Å²) in [5, 5.41) is 8.44. The van der Waals surface area contributed by atoms with E-state index in [1.807, 2.05) is 0 Å². The minimum absolute atomic E-state index is 0.0481. The largest absolute Gasteiger partial charge is 0.397 e. The number of nitrogens with one attached hydrogen (secondary N) is 1. The summed E-state index contributed by atoms with van der Waals surface area (Å²) in [4.78, 5) is 0. The Kier molecular flexibility index (Phi) is 4.40. The lowest BCUT2D eigenvalue weighted by molar-refractivity contribution is 0.596. The van der Waals surface area contributed by atoms with E-state index in [4.69, 9.17) is 22.5 Å². The van der Waals surface area contributed by atoms with Gasteiger partial charge in [-0.25, -0.2) is 13.6 Å². The van der Waals surface area contributed by atoms with E-state index in [1.54, 1.807) is 18.2 Å². The molecule has 0 aliphatic heterocycles. The van der Waals surface area contributed by atoms with Crippen molar-refractivity contribution in [3.8, 4) is 0 Å². The minimum atomic E-state index is -3.39. The highest BCUT2D eigenvalue weighted by Crippen LogP contribution is 2.22. The standard InChI is InChI=1S/C9H14ClN3O2S/c10-7-2-3-9(8(11)6-7)13-4-1-5-16(12,14)15/h2-3,6,13H,1,4-5,11H2,(H2,12,14,15). The maximum Gasteiger partial charge on any atom is 0.209 e. The summed E-state index contributed by atoms with van der Waals surface area (Å²) in [6.45, 7) is 0.488. The van der Waals surface area contributed by atoms with Gasteiger partial charge in [-0.15, -0.1) is 0 Å². The lowest BCUT2D eigenvalue weighted by Crippen LogP contribution is -2.18. The van der Waals surface area contributed by atoms with Gasteiger partial charge in [0.1, 0.15) is 0 Å². The van der Waals surface area contributed by atoms with E-state index in [0.29, 0.717) is 23.7 Å². The molecule has 0 atom stereocenters. The molecular formula is C9H14ClN3O2S. The van der Waals surface area contributed by atoms with Gasteiger partial charge >= 0.3 is 0 Å². The zero-order valence-corrected chi connectivity index (χ0v) is 10.2. The van der Waals surface area contributed by atoms with Crippen molar-refractivity contribution in [1.82, 2.24) is 0 Å². The van der Waals surface area contributed by atoms with Crippen molar-refractivity contribution in [2.75, 3.05) is 23.3 Å². The molecule has 0 heterocycles. The van der Waals surface area contributed by atoms with E-state index in [1.165, 1.54) is 0 Å². The third-order valence-electron chi connectivity index (χ3n) is 1.93. The van der Waals surface area contributed by atoms with Crippen LogP contribution in [0.2, 0.25) is 5.02 Å². The van der Waals surface area contributed by atoms with Gasteiger partial charge in [-0.05, 0) is 24.6 Å². The van der Waals surface area contributed by atoms with E-state index in [0.717, 1.165) is 5.69 Å². The van der Waals surface area contributed by atoms with E-state index in [2.05, 4.69) is 5.32 Å². The molecule has 0 unspecified atom stereocenters. The summed E-state index contributed by atoms with van der Waals surface area (Å²) in [7, 11) is -3.39. The lowest BCUT2D eigenvalue weighted by atomic mass is 10.2. The number of rotatable bonds is 5. The Morgan fingerprint density at radius 2 is 2.06 bits per heavy atom. The summed E-state index contributed by atoms with van der Waals surface area (Å²) in [5.74, 6) is -0.0481. The minimum Gasteiger partial charge on any atom is -0.397 e. The quantitative estimate of drug-likeness (QED) is 0.545. The monoisotopic (exact) mass is 263 g/mol. The molecule has 0 saturated heterocycles. The number of hydrogen-bond donors (Lipinski definition) is 3. The van der Waals surface area contributed by atoms with Crippen molar-refractivity contribution in [3.05, 3.63) is 23.2 Å². The third-order valence-corrected chi connectivity index (χ3v) is 3.03. The Morgan fingerprint density at radius 3 is 2.62 bits per heavy atom. The first-order valence-corrected chi connectivity index (χ1v) is 6.77. The first-order valence-electron chi connectivity index (χ1n) is 4.68. The number of hydrogen-bond acceptors (Lipinski definition) is 4. The van der Waals surface area contributed by atoms with Gasteiger partial charge < -0.3 is 11.1 Å². The number of sulfonamides is 1. The number of nitrogen functional groups attached to an aromatic ring is 1. The van der Waals surface area contributed by atoms with Crippen LogP contribution in [0.3, 0.4) is 0 Å². The molecule has 1 rings (SSSR count). The van der Waals surface area contributed by atoms with Gasteiger partial charge in [-0.3, -0.25) is 0 Å². The lowest BCUT2D eigenvalue weighted by Gasteiger charge is -2.08. The van der Waals surface area contributed by atoms with Crippen molar-refractivity contribution in [3.63, 3.8) is 0 Å². The van der Waals surface area contributed by atoms with Crippen LogP contribution in [0, 0.1) is 0 Å². The SMILES string of the molecule is Nc1cc(Cl)ccc1NCCCS(N)(=O)=O. The second kappa shape index (κ2) is 5.38. The molecular weight excluding hydrogens is 250 g/mol. The number of primary sulfonamides is 1. The fraction of sp³-hybridized carbons (Fsp3) is 0.333. The molecule has 0 aromatic heterocycles. The predicted molar refractivity (Wildman–Crippen MR) is 66.9 cm³/mol. The predicted octanol–water partition coefficient (Wildman–Crippen LogP) is 1.01. The fourth-order valence-electron chi connectivity index (χ4n) is 1.19. The topological polar surface area (TPSA) is 98.2 Å². The van der Waals surface area contributed by atoms with Gasteiger partial charge in [-0.1, -0.05) is 11.6 Å². The Labute approximate surface area is 99.8 Å². The molecule has 7 heteroatoms. The van der Waals surface area contributed by atoms with Crippen molar-refractivity contribution >= 4 is 33.0 Å². The Hall–Kier alpha value is -0.980. The number of anilines is 2. The van der Waals surface area contributed by atoms with Gasteiger partial charge in [-0.2, -0.15) is 0 Å². The van der Waals surface area contributed by atoms with Crippen LogP contribution in [0.25, 0.3) is 0 Å². The van der Waals surface area contributed by atoms with E-state index in [9.17, 15) is 8.42 Å². The number of nitrogens with two attached hydrogens (primary N) is 2. The third kappa shape index (κ3) is 4.69. The maximum atomic E-state index is 10.7. The number of halogens is 1. The first kappa shape index (κ1) is 13.1. The number of benzene rings is 1. The zero-order valence-electron chi connectivity index (χ0n) is 8.61. The van der Waals surface area contributed by atoms with Crippen LogP contribution in [0.4, 0.5) is 11.4 Å². The van der Waals surface area contributed by atoms with Gasteiger partial charge in [0, 0.05) is 11.6 Å². The normalized spacial score (nSPS) is 11.4. The molecule has 0 spiro atoms. The van der Waals surface area contributed by atoms with E-state index < -0.39 is 10.0 Å². The molecule has 0 bridgehead atoms. The molecule has 0 radical (unpaired) electrons. The van der Waals surface area contributed by atoms with E-state index >= 15 is 0 Å². The molecule has 0 saturated carbocycles.